The molecule has 0 aliphatic heterocycles. The smallest absolute Gasteiger partial charge is 0.234 e. The van der Waals surface area contributed by atoms with Gasteiger partial charge in [0.2, 0.25) is 11.1 Å². The molecule has 1 aromatic heterocycles. The number of rotatable bonds is 7. The minimum absolute atomic E-state index is 0.0985. The molecule has 1 heterocycles. The van der Waals surface area contributed by atoms with Crippen molar-refractivity contribution in [1.29, 1.82) is 0 Å². The van der Waals surface area contributed by atoms with Gasteiger partial charge in [0.15, 0.2) is 5.82 Å². The zero-order chi connectivity index (χ0) is 18.4. The van der Waals surface area contributed by atoms with E-state index in [1.165, 1.54) is 11.8 Å². The van der Waals surface area contributed by atoms with Crippen LogP contribution in [0.3, 0.4) is 0 Å². The monoisotopic (exact) mass is 480 g/mol. The molecule has 0 bridgehead atoms. The molecule has 0 fully saturated rings. The Labute approximate surface area is 169 Å². The number of thioether (sulfide) groups is 1. The summed E-state index contributed by atoms with van der Waals surface area (Å²) in [5.74, 6) is 1.54. The summed E-state index contributed by atoms with van der Waals surface area (Å²) in [4.78, 5) is 16.3. The fraction of sp³-hybridized carbons (Fsp3) is 0.167. The maximum atomic E-state index is 12.0. The first kappa shape index (κ1) is 18.7. The molecule has 3 rings (SSSR count). The van der Waals surface area contributed by atoms with Crippen molar-refractivity contribution in [2.24, 2.45) is 0 Å². The number of hydrogen-bond acceptors (Lipinski definition) is 5. The molecule has 0 aliphatic rings. The Bertz CT molecular complexity index is 883. The van der Waals surface area contributed by atoms with Crippen LogP contribution in [0.2, 0.25) is 0 Å². The molecule has 8 heteroatoms. The van der Waals surface area contributed by atoms with Gasteiger partial charge in [0.25, 0.3) is 0 Å². The van der Waals surface area contributed by atoms with Gasteiger partial charge < -0.3 is 10.1 Å². The highest BCUT2D eigenvalue weighted by molar-refractivity contribution is 14.1. The van der Waals surface area contributed by atoms with Crippen LogP contribution in [-0.4, -0.2) is 26.8 Å². The van der Waals surface area contributed by atoms with Crippen molar-refractivity contribution >= 4 is 45.9 Å². The van der Waals surface area contributed by atoms with Crippen molar-refractivity contribution in [2.45, 2.75) is 18.7 Å². The van der Waals surface area contributed by atoms with E-state index in [1.807, 2.05) is 55.5 Å². The number of carbonyl (C=O) groups is 1. The van der Waals surface area contributed by atoms with Gasteiger partial charge >= 0.3 is 0 Å². The summed E-state index contributed by atoms with van der Waals surface area (Å²) in [6, 6.07) is 15.4. The zero-order valence-corrected chi connectivity index (χ0v) is 17.0. The lowest BCUT2D eigenvalue weighted by Gasteiger charge is -2.04. The molecule has 6 nitrogen and oxygen atoms in total. The van der Waals surface area contributed by atoms with E-state index in [1.54, 1.807) is 0 Å². The SMILES string of the molecule is Cc1cccc(OCc2nc(SCC(=O)Nc3ccc(I)cc3)n[nH]2)c1. The van der Waals surface area contributed by atoms with Crippen LogP contribution in [0.15, 0.2) is 53.7 Å². The van der Waals surface area contributed by atoms with Gasteiger partial charge in [-0.15, -0.1) is 5.10 Å². The van der Waals surface area contributed by atoms with Gasteiger partial charge in [-0.25, -0.2) is 4.98 Å². The number of H-pyrrole nitrogens is 1. The molecule has 0 spiro atoms. The highest BCUT2D eigenvalue weighted by Crippen LogP contribution is 2.17. The van der Waals surface area contributed by atoms with Crippen LogP contribution in [-0.2, 0) is 11.4 Å². The second-order valence-electron chi connectivity index (χ2n) is 5.51. The Kier molecular flexibility index (Phi) is 6.51. The number of amides is 1. The number of hydrogen-bond donors (Lipinski definition) is 2. The molecular formula is C18H17IN4O2S. The standard InChI is InChI=1S/C18H17IN4O2S/c1-12-3-2-4-15(9-12)25-10-16-21-18(23-22-16)26-11-17(24)20-14-7-5-13(19)6-8-14/h2-9H,10-11H2,1H3,(H,20,24)(H,21,22,23). The number of nitrogens with zero attached hydrogens (tertiary/aromatic N) is 2. The van der Waals surface area contributed by atoms with E-state index >= 15 is 0 Å². The van der Waals surface area contributed by atoms with E-state index in [4.69, 9.17) is 4.74 Å². The Balaban J connectivity index is 1.45. The fourth-order valence-electron chi connectivity index (χ4n) is 2.12. The third-order valence-electron chi connectivity index (χ3n) is 3.34. The van der Waals surface area contributed by atoms with E-state index < -0.39 is 0 Å². The van der Waals surface area contributed by atoms with E-state index in [2.05, 4.69) is 43.1 Å². The molecule has 0 aliphatic carbocycles. The van der Waals surface area contributed by atoms with Crippen LogP contribution < -0.4 is 10.1 Å². The highest BCUT2D eigenvalue weighted by Gasteiger charge is 2.09. The molecule has 0 unspecified atom stereocenters. The van der Waals surface area contributed by atoms with Crippen LogP contribution in [0.1, 0.15) is 11.4 Å². The predicted octanol–water partition coefficient (Wildman–Crippen LogP) is 4.03. The number of nitrogens with one attached hydrogen (secondary N) is 2. The average molecular weight is 480 g/mol. The second-order valence-corrected chi connectivity index (χ2v) is 7.70. The van der Waals surface area contributed by atoms with Gasteiger partial charge in [-0.05, 0) is 71.5 Å². The molecule has 26 heavy (non-hydrogen) atoms. The molecule has 1 amide bonds. The molecular weight excluding hydrogens is 463 g/mol. The minimum Gasteiger partial charge on any atom is -0.486 e. The lowest BCUT2D eigenvalue weighted by atomic mass is 10.2. The third-order valence-corrected chi connectivity index (χ3v) is 4.90. The number of aromatic nitrogens is 3. The lowest BCUT2D eigenvalue weighted by Crippen LogP contribution is -2.14. The van der Waals surface area contributed by atoms with Gasteiger partial charge in [-0.1, -0.05) is 23.9 Å². The number of anilines is 1. The molecule has 2 aromatic carbocycles. The summed E-state index contributed by atoms with van der Waals surface area (Å²) in [5.41, 5.74) is 1.91. The lowest BCUT2D eigenvalue weighted by molar-refractivity contribution is -0.113. The van der Waals surface area contributed by atoms with Gasteiger partial charge in [0, 0.05) is 9.26 Å². The molecule has 3 aromatic rings. The van der Waals surface area contributed by atoms with Crippen LogP contribution in [0.25, 0.3) is 0 Å². The number of aromatic amines is 1. The number of benzene rings is 2. The van der Waals surface area contributed by atoms with Gasteiger partial charge in [-0.3, -0.25) is 9.89 Å². The first-order valence-electron chi connectivity index (χ1n) is 7.87. The van der Waals surface area contributed by atoms with Gasteiger partial charge in [-0.2, -0.15) is 0 Å². The topological polar surface area (TPSA) is 79.9 Å². The van der Waals surface area contributed by atoms with Gasteiger partial charge in [0.1, 0.15) is 12.4 Å². The van der Waals surface area contributed by atoms with Crippen molar-refractivity contribution < 1.29 is 9.53 Å². The van der Waals surface area contributed by atoms with E-state index in [-0.39, 0.29) is 11.7 Å². The molecule has 0 saturated heterocycles. The fourth-order valence-corrected chi connectivity index (χ4v) is 3.10. The number of carbonyl (C=O) groups excluding carboxylic acids is 1. The number of aryl methyl sites for hydroxylation is 1. The molecule has 2 N–H and O–H groups in total. The summed E-state index contributed by atoms with van der Waals surface area (Å²) >= 11 is 3.49. The zero-order valence-electron chi connectivity index (χ0n) is 14.0. The molecule has 0 saturated carbocycles. The first-order valence-corrected chi connectivity index (χ1v) is 9.94. The van der Waals surface area contributed by atoms with Crippen LogP contribution in [0.5, 0.6) is 5.75 Å². The summed E-state index contributed by atoms with van der Waals surface area (Å²) in [7, 11) is 0. The van der Waals surface area contributed by atoms with Crippen LogP contribution in [0, 0.1) is 10.5 Å². The number of ether oxygens (including phenoxy) is 1. The maximum Gasteiger partial charge on any atom is 0.234 e. The molecule has 0 radical (unpaired) electrons. The largest absolute Gasteiger partial charge is 0.486 e. The van der Waals surface area contributed by atoms with E-state index in [9.17, 15) is 4.79 Å². The van der Waals surface area contributed by atoms with Crippen molar-refractivity contribution in [1.82, 2.24) is 15.2 Å². The summed E-state index contributed by atoms with van der Waals surface area (Å²) < 4.78 is 6.80. The Morgan fingerprint density at radius 3 is 2.85 bits per heavy atom. The molecule has 0 atom stereocenters. The number of halogens is 1. The summed E-state index contributed by atoms with van der Waals surface area (Å²) in [5, 5.41) is 10.3. The third kappa shape index (κ3) is 5.73. The van der Waals surface area contributed by atoms with Crippen molar-refractivity contribution in [3.8, 4) is 5.75 Å². The highest BCUT2D eigenvalue weighted by atomic mass is 127. The quantitative estimate of drug-likeness (QED) is 0.395. The first-order chi connectivity index (χ1) is 12.6. The Hall–Kier alpha value is -2.07. The normalized spacial score (nSPS) is 10.5. The second kappa shape index (κ2) is 9.04. The predicted molar refractivity (Wildman–Crippen MR) is 110 cm³/mol. The maximum absolute atomic E-state index is 12.0. The van der Waals surface area contributed by atoms with E-state index in [0.717, 1.165) is 20.6 Å². The summed E-state index contributed by atoms with van der Waals surface area (Å²) in [6.07, 6.45) is 0. The van der Waals surface area contributed by atoms with Crippen molar-refractivity contribution in [2.75, 3.05) is 11.1 Å². The van der Waals surface area contributed by atoms with Crippen molar-refractivity contribution in [3.63, 3.8) is 0 Å². The Morgan fingerprint density at radius 2 is 2.08 bits per heavy atom. The van der Waals surface area contributed by atoms with Crippen molar-refractivity contribution in [3.05, 3.63) is 63.5 Å². The Morgan fingerprint density at radius 1 is 1.27 bits per heavy atom. The summed E-state index contributed by atoms with van der Waals surface area (Å²) in [6.45, 7) is 2.31. The van der Waals surface area contributed by atoms with Gasteiger partial charge in [0.05, 0.1) is 5.75 Å². The van der Waals surface area contributed by atoms with E-state index in [0.29, 0.717) is 17.6 Å². The minimum atomic E-state index is -0.0985. The van der Waals surface area contributed by atoms with Crippen LogP contribution in [0.4, 0.5) is 5.69 Å². The molecule has 134 valence electrons. The average Bonchev–Trinajstić information content (AvgIpc) is 3.08. The van der Waals surface area contributed by atoms with Crippen LogP contribution >= 0.6 is 34.4 Å².